The van der Waals surface area contributed by atoms with Crippen molar-refractivity contribution in [1.29, 1.82) is 0 Å². The number of aldehydes is 1. The maximum absolute atomic E-state index is 10.3. The average molecular weight is 174 g/mol. The molecule has 0 atom stereocenters. The molecule has 1 heterocycles. The minimum Gasteiger partial charge on any atom is -0.359 e. The summed E-state index contributed by atoms with van der Waals surface area (Å²) in [5.74, 6) is 3.91. The number of primary amides is 1. The predicted molar refractivity (Wildman–Crippen MR) is 45.7 cm³/mol. The molecule has 0 saturated heterocycles. The Morgan fingerprint density at radius 2 is 2.31 bits per heavy atom. The highest BCUT2D eigenvalue weighted by molar-refractivity contribution is 5.92. The highest BCUT2D eigenvalue weighted by Gasteiger charge is 1.91. The Balaban J connectivity index is 2.98. The number of hydrogen-bond donors (Lipinski definition) is 1. The van der Waals surface area contributed by atoms with Gasteiger partial charge < -0.3 is 5.73 Å². The van der Waals surface area contributed by atoms with E-state index in [-0.39, 0.29) is 0 Å². The number of nitrogens with zero attached hydrogens (tertiary/aromatic N) is 1. The molecule has 0 spiro atoms. The fraction of sp³-hybridized carbons (Fsp3) is 0. The zero-order chi connectivity index (χ0) is 9.68. The largest absolute Gasteiger partial charge is 0.359 e. The number of amides is 1. The number of aromatic nitrogens is 1. The molecule has 64 valence electrons. The van der Waals surface area contributed by atoms with Crippen LogP contribution < -0.4 is 5.73 Å². The molecule has 13 heavy (non-hydrogen) atoms. The van der Waals surface area contributed by atoms with E-state index in [2.05, 4.69) is 16.8 Å². The second kappa shape index (κ2) is 4.02. The van der Waals surface area contributed by atoms with Crippen LogP contribution in [0, 0.1) is 11.8 Å². The molecule has 0 radical (unpaired) electrons. The first-order valence-corrected chi connectivity index (χ1v) is 3.44. The van der Waals surface area contributed by atoms with Gasteiger partial charge in [-0.05, 0) is 6.07 Å². The molecule has 0 saturated carbocycles. The Morgan fingerprint density at radius 1 is 1.54 bits per heavy atom. The lowest BCUT2D eigenvalue weighted by Crippen LogP contribution is -2.06. The number of hydrogen-bond acceptors (Lipinski definition) is 3. The molecule has 0 aliphatic carbocycles. The first kappa shape index (κ1) is 8.94. The Hall–Kier alpha value is -2.15. The molecular weight excluding hydrogens is 168 g/mol. The number of rotatable bonds is 1. The summed E-state index contributed by atoms with van der Waals surface area (Å²) in [7, 11) is 0. The van der Waals surface area contributed by atoms with Gasteiger partial charge in [-0.3, -0.25) is 14.6 Å². The van der Waals surface area contributed by atoms with Crippen LogP contribution in [0.4, 0.5) is 0 Å². The zero-order valence-electron chi connectivity index (χ0n) is 6.65. The molecule has 4 nitrogen and oxygen atoms in total. The van der Waals surface area contributed by atoms with Gasteiger partial charge in [-0.25, -0.2) is 0 Å². The maximum atomic E-state index is 10.3. The van der Waals surface area contributed by atoms with Crippen molar-refractivity contribution >= 4 is 12.2 Å². The molecule has 1 aromatic heterocycles. The van der Waals surface area contributed by atoms with Crippen molar-refractivity contribution < 1.29 is 9.59 Å². The van der Waals surface area contributed by atoms with Crippen molar-refractivity contribution in [2.75, 3.05) is 0 Å². The van der Waals surface area contributed by atoms with Gasteiger partial charge in [0.2, 0.25) is 0 Å². The second-order valence-electron chi connectivity index (χ2n) is 2.24. The molecule has 0 aliphatic rings. The number of nitrogens with two attached hydrogens (primary N) is 1. The Bertz CT molecular complexity index is 402. The molecule has 1 rings (SSSR count). The predicted octanol–water partition coefficient (Wildman–Crippen LogP) is -0.269. The van der Waals surface area contributed by atoms with Gasteiger partial charge in [-0.1, -0.05) is 5.92 Å². The summed E-state index contributed by atoms with van der Waals surface area (Å²) in [6.45, 7) is 0. The summed E-state index contributed by atoms with van der Waals surface area (Å²) >= 11 is 0. The van der Waals surface area contributed by atoms with E-state index in [1.165, 1.54) is 18.5 Å². The quantitative estimate of drug-likeness (QED) is 0.470. The van der Waals surface area contributed by atoms with E-state index in [0.29, 0.717) is 17.4 Å². The lowest BCUT2D eigenvalue weighted by atomic mass is 10.2. The van der Waals surface area contributed by atoms with Gasteiger partial charge in [0.25, 0.3) is 5.91 Å². The molecule has 0 fully saturated rings. The van der Waals surface area contributed by atoms with Crippen molar-refractivity contribution in [2.45, 2.75) is 0 Å². The third-order valence-electron chi connectivity index (χ3n) is 1.23. The van der Waals surface area contributed by atoms with E-state index in [1.54, 1.807) is 0 Å². The van der Waals surface area contributed by atoms with E-state index < -0.39 is 5.91 Å². The molecule has 0 aromatic carbocycles. The summed E-state index contributed by atoms with van der Waals surface area (Å²) in [6.07, 6.45) is 3.51. The van der Waals surface area contributed by atoms with Crippen LogP contribution in [-0.2, 0) is 4.79 Å². The highest BCUT2D eigenvalue weighted by atomic mass is 16.1. The standard InChI is InChI=1S/C9H6N2O2/c10-9(13)2-1-7-3-8(6-12)5-11-4-7/h3-6H,(H2,10,13). The van der Waals surface area contributed by atoms with E-state index in [0.717, 1.165) is 0 Å². The van der Waals surface area contributed by atoms with Gasteiger partial charge in [-0.2, -0.15) is 0 Å². The summed E-state index contributed by atoms with van der Waals surface area (Å²) in [4.78, 5) is 24.4. The van der Waals surface area contributed by atoms with Crippen LogP contribution in [0.25, 0.3) is 0 Å². The Morgan fingerprint density at radius 3 is 2.92 bits per heavy atom. The van der Waals surface area contributed by atoms with Gasteiger partial charge >= 0.3 is 0 Å². The zero-order valence-corrected chi connectivity index (χ0v) is 6.65. The van der Waals surface area contributed by atoms with Crippen LogP contribution in [0.2, 0.25) is 0 Å². The molecule has 4 heteroatoms. The van der Waals surface area contributed by atoms with Gasteiger partial charge in [0.1, 0.15) is 0 Å². The smallest absolute Gasteiger partial charge is 0.293 e. The van der Waals surface area contributed by atoms with Gasteiger partial charge in [-0.15, -0.1) is 0 Å². The van der Waals surface area contributed by atoms with Crippen LogP contribution in [0.3, 0.4) is 0 Å². The third kappa shape index (κ3) is 2.75. The third-order valence-corrected chi connectivity index (χ3v) is 1.23. The van der Waals surface area contributed by atoms with Crippen LogP contribution >= 0.6 is 0 Å². The van der Waals surface area contributed by atoms with Gasteiger partial charge in [0.15, 0.2) is 6.29 Å². The monoisotopic (exact) mass is 174 g/mol. The van der Waals surface area contributed by atoms with Crippen LogP contribution in [0.1, 0.15) is 15.9 Å². The fourth-order valence-corrected chi connectivity index (χ4v) is 0.724. The molecule has 0 aliphatic heterocycles. The SMILES string of the molecule is NC(=O)C#Cc1cncc(C=O)c1. The maximum Gasteiger partial charge on any atom is 0.293 e. The van der Waals surface area contributed by atoms with E-state index in [9.17, 15) is 9.59 Å². The van der Waals surface area contributed by atoms with Gasteiger partial charge in [0.05, 0.1) is 0 Å². The second-order valence-corrected chi connectivity index (χ2v) is 2.24. The molecule has 0 unspecified atom stereocenters. The van der Waals surface area contributed by atoms with Crippen LogP contribution in [0.15, 0.2) is 18.5 Å². The highest BCUT2D eigenvalue weighted by Crippen LogP contribution is 1.97. The molecular formula is C9H6N2O2. The van der Waals surface area contributed by atoms with Crippen molar-refractivity contribution in [3.05, 3.63) is 29.6 Å². The number of carbonyl (C=O) groups is 2. The molecule has 0 bridgehead atoms. The number of pyridine rings is 1. The molecule has 1 aromatic rings. The van der Waals surface area contributed by atoms with E-state index in [4.69, 9.17) is 5.73 Å². The first-order chi connectivity index (χ1) is 6.22. The summed E-state index contributed by atoms with van der Waals surface area (Å²) in [5.41, 5.74) is 5.71. The topological polar surface area (TPSA) is 73.1 Å². The summed E-state index contributed by atoms with van der Waals surface area (Å²) in [6, 6.07) is 1.52. The van der Waals surface area contributed by atoms with Crippen molar-refractivity contribution in [3.8, 4) is 11.8 Å². The number of carbonyl (C=O) groups excluding carboxylic acids is 2. The molecule has 2 N–H and O–H groups in total. The normalized spacial score (nSPS) is 8.31. The van der Waals surface area contributed by atoms with E-state index in [1.807, 2.05) is 0 Å². The lowest BCUT2D eigenvalue weighted by Gasteiger charge is -1.89. The minimum atomic E-state index is -0.712. The van der Waals surface area contributed by atoms with Crippen molar-refractivity contribution in [1.82, 2.24) is 4.98 Å². The van der Waals surface area contributed by atoms with Crippen LogP contribution in [-0.4, -0.2) is 17.2 Å². The molecule has 1 amide bonds. The summed E-state index contributed by atoms with van der Waals surface area (Å²) < 4.78 is 0. The van der Waals surface area contributed by atoms with E-state index >= 15 is 0 Å². The first-order valence-electron chi connectivity index (χ1n) is 3.44. The fourth-order valence-electron chi connectivity index (χ4n) is 0.724. The average Bonchev–Trinajstić information content (AvgIpc) is 2.15. The van der Waals surface area contributed by atoms with Crippen molar-refractivity contribution in [2.24, 2.45) is 5.73 Å². The van der Waals surface area contributed by atoms with Gasteiger partial charge in [0, 0.05) is 29.4 Å². The van der Waals surface area contributed by atoms with Crippen LogP contribution in [0.5, 0.6) is 0 Å². The Labute approximate surface area is 74.8 Å². The minimum absolute atomic E-state index is 0.413. The summed E-state index contributed by atoms with van der Waals surface area (Å²) in [5, 5.41) is 0. The lowest BCUT2D eigenvalue weighted by molar-refractivity contribution is -0.112. The Kier molecular flexibility index (Phi) is 2.77. The van der Waals surface area contributed by atoms with Crippen molar-refractivity contribution in [3.63, 3.8) is 0 Å².